The molecule has 0 saturated carbocycles. The Morgan fingerprint density at radius 1 is 1.39 bits per heavy atom. The second kappa shape index (κ2) is 6.04. The van der Waals surface area contributed by atoms with Crippen molar-refractivity contribution in [3.05, 3.63) is 23.8 Å². The monoisotopic (exact) mass is 251 g/mol. The Morgan fingerprint density at radius 3 is 2.72 bits per heavy atom. The third kappa shape index (κ3) is 2.93. The summed E-state index contributed by atoms with van der Waals surface area (Å²) in [4.78, 5) is 0. The number of nitrogen functional groups attached to an aromatic ring is 1. The number of nitrogens with zero attached hydrogens (tertiary/aromatic N) is 2. The lowest BCUT2D eigenvalue weighted by Crippen LogP contribution is -2.48. The van der Waals surface area contributed by atoms with Gasteiger partial charge in [-0.2, -0.15) is 0 Å². The highest BCUT2D eigenvalue weighted by atomic mass is 16.5. The van der Waals surface area contributed by atoms with Crippen molar-refractivity contribution in [2.75, 3.05) is 38.6 Å². The number of phenolic OH excluding ortho intramolecular Hbond substituents is 1. The van der Waals surface area contributed by atoms with Gasteiger partial charge in [-0.05, 0) is 12.1 Å². The summed E-state index contributed by atoms with van der Waals surface area (Å²) in [5.41, 5.74) is 7.36. The van der Waals surface area contributed by atoms with Crippen LogP contribution in [0.3, 0.4) is 0 Å². The SMILES string of the molecule is CCN(Cc1c(N)cccc1O)N1CCOCC1. The van der Waals surface area contributed by atoms with Crippen LogP contribution in [0.4, 0.5) is 5.69 Å². The van der Waals surface area contributed by atoms with Crippen molar-refractivity contribution in [3.63, 3.8) is 0 Å². The van der Waals surface area contributed by atoms with E-state index in [9.17, 15) is 5.11 Å². The van der Waals surface area contributed by atoms with E-state index in [1.165, 1.54) is 0 Å². The standard InChI is InChI=1S/C13H21N3O2/c1-2-15(16-6-8-18-9-7-16)10-11-12(14)4-3-5-13(11)17/h3-5,17H,2,6-10,14H2,1H3. The quantitative estimate of drug-likeness (QED) is 0.783. The van der Waals surface area contributed by atoms with Crippen LogP contribution in [0.5, 0.6) is 5.75 Å². The summed E-state index contributed by atoms with van der Waals surface area (Å²) in [5.74, 6) is 0.265. The molecular weight excluding hydrogens is 230 g/mol. The smallest absolute Gasteiger partial charge is 0.122 e. The first kappa shape index (κ1) is 13.1. The number of nitrogens with two attached hydrogens (primary N) is 1. The first-order valence-electron chi connectivity index (χ1n) is 6.36. The fourth-order valence-corrected chi connectivity index (χ4v) is 2.20. The average Bonchev–Trinajstić information content (AvgIpc) is 2.40. The number of phenols is 1. The molecule has 0 atom stereocenters. The third-order valence-electron chi connectivity index (χ3n) is 3.28. The van der Waals surface area contributed by atoms with Gasteiger partial charge in [0.25, 0.3) is 0 Å². The summed E-state index contributed by atoms with van der Waals surface area (Å²) in [6.45, 7) is 6.91. The zero-order valence-corrected chi connectivity index (χ0v) is 10.8. The molecule has 1 saturated heterocycles. The lowest BCUT2D eigenvalue weighted by Gasteiger charge is -2.37. The maximum Gasteiger partial charge on any atom is 0.122 e. The zero-order chi connectivity index (χ0) is 13.0. The summed E-state index contributed by atoms with van der Waals surface area (Å²) < 4.78 is 5.35. The summed E-state index contributed by atoms with van der Waals surface area (Å²) in [6, 6.07) is 5.26. The van der Waals surface area contributed by atoms with Gasteiger partial charge < -0.3 is 15.6 Å². The number of benzene rings is 1. The van der Waals surface area contributed by atoms with Crippen LogP contribution in [-0.4, -0.2) is 48.0 Å². The molecule has 5 nitrogen and oxygen atoms in total. The highest BCUT2D eigenvalue weighted by Gasteiger charge is 2.19. The van der Waals surface area contributed by atoms with Gasteiger partial charge in [0.1, 0.15) is 5.75 Å². The third-order valence-corrected chi connectivity index (χ3v) is 3.28. The molecule has 0 aromatic heterocycles. The summed E-state index contributed by atoms with van der Waals surface area (Å²) in [6.07, 6.45) is 0. The number of hydrogen-bond acceptors (Lipinski definition) is 5. The zero-order valence-electron chi connectivity index (χ0n) is 10.8. The normalized spacial score (nSPS) is 17.2. The first-order valence-corrected chi connectivity index (χ1v) is 6.36. The van der Waals surface area contributed by atoms with Gasteiger partial charge in [-0.15, -0.1) is 0 Å². The topological polar surface area (TPSA) is 62.0 Å². The Hall–Kier alpha value is -1.30. The Morgan fingerprint density at radius 2 is 2.11 bits per heavy atom. The number of hydrazine groups is 1. The Labute approximate surface area is 108 Å². The summed E-state index contributed by atoms with van der Waals surface area (Å²) in [7, 11) is 0. The predicted octanol–water partition coefficient (Wildman–Crippen LogP) is 1.04. The van der Waals surface area contributed by atoms with Crippen LogP contribution in [-0.2, 0) is 11.3 Å². The minimum Gasteiger partial charge on any atom is -0.508 e. The fourth-order valence-electron chi connectivity index (χ4n) is 2.20. The van der Waals surface area contributed by atoms with Gasteiger partial charge >= 0.3 is 0 Å². The highest BCUT2D eigenvalue weighted by Crippen LogP contribution is 2.25. The number of ether oxygens (including phenoxy) is 1. The minimum absolute atomic E-state index is 0.265. The molecule has 2 rings (SSSR count). The molecule has 1 aliphatic rings. The second-order valence-electron chi connectivity index (χ2n) is 4.39. The van der Waals surface area contributed by atoms with Crippen molar-refractivity contribution in [1.29, 1.82) is 0 Å². The van der Waals surface area contributed by atoms with Crippen LogP contribution in [0.15, 0.2) is 18.2 Å². The Kier molecular flexibility index (Phi) is 4.41. The molecule has 18 heavy (non-hydrogen) atoms. The van der Waals surface area contributed by atoms with E-state index in [-0.39, 0.29) is 5.75 Å². The van der Waals surface area contributed by atoms with E-state index < -0.39 is 0 Å². The van der Waals surface area contributed by atoms with E-state index in [0.717, 1.165) is 38.4 Å². The molecule has 1 aromatic rings. The van der Waals surface area contributed by atoms with Crippen LogP contribution >= 0.6 is 0 Å². The number of aromatic hydroxyl groups is 1. The van der Waals surface area contributed by atoms with Gasteiger partial charge in [0.15, 0.2) is 0 Å². The molecule has 1 aliphatic heterocycles. The molecule has 0 amide bonds. The predicted molar refractivity (Wildman–Crippen MR) is 71.0 cm³/mol. The van der Waals surface area contributed by atoms with Crippen LogP contribution in [0, 0.1) is 0 Å². The van der Waals surface area contributed by atoms with Gasteiger partial charge in [-0.25, -0.2) is 10.0 Å². The lowest BCUT2D eigenvalue weighted by atomic mass is 10.1. The lowest BCUT2D eigenvalue weighted by molar-refractivity contribution is -0.0927. The Balaban J connectivity index is 2.09. The van der Waals surface area contributed by atoms with E-state index in [0.29, 0.717) is 12.2 Å². The van der Waals surface area contributed by atoms with Crippen molar-refractivity contribution in [2.24, 2.45) is 0 Å². The number of rotatable bonds is 4. The molecule has 0 unspecified atom stereocenters. The fraction of sp³-hybridized carbons (Fsp3) is 0.538. The van der Waals surface area contributed by atoms with Crippen molar-refractivity contribution < 1.29 is 9.84 Å². The van der Waals surface area contributed by atoms with Gasteiger partial charge in [0, 0.05) is 37.4 Å². The van der Waals surface area contributed by atoms with E-state index >= 15 is 0 Å². The van der Waals surface area contributed by atoms with Crippen LogP contribution in [0.2, 0.25) is 0 Å². The molecule has 100 valence electrons. The van der Waals surface area contributed by atoms with Crippen molar-refractivity contribution in [3.8, 4) is 5.75 Å². The molecule has 0 spiro atoms. The van der Waals surface area contributed by atoms with Crippen molar-refractivity contribution in [1.82, 2.24) is 10.0 Å². The highest BCUT2D eigenvalue weighted by molar-refractivity contribution is 5.53. The van der Waals surface area contributed by atoms with E-state index in [2.05, 4.69) is 16.9 Å². The molecule has 0 radical (unpaired) electrons. The van der Waals surface area contributed by atoms with E-state index in [1.807, 2.05) is 6.07 Å². The number of anilines is 1. The largest absolute Gasteiger partial charge is 0.508 e. The molecule has 5 heteroatoms. The Bertz CT molecular complexity index is 372. The van der Waals surface area contributed by atoms with Crippen LogP contribution in [0.1, 0.15) is 12.5 Å². The molecule has 0 bridgehead atoms. The summed E-state index contributed by atoms with van der Waals surface area (Å²) in [5, 5.41) is 14.3. The van der Waals surface area contributed by atoms with Gasteiger partial charge in [0.05, 0.1) is 13.2 Å². The average molecular weight is 251 g/mol. The van der Waals surface area contributed by atoms with Gasteiger partial charge in [0.2, 0.25) is 0 Å². The maximum atomic E-state index is 9.88. The summed E-state index contributed by atoms with van der Waals surface area (Å²) >= 11 is 0. The molecule has 1 aromatic carbocycles. The molecule has 0 aliphatic carbocycles. The molecule has 1 fully saturated rings. The van der Waals surface area contributed by atoms with Crippen molar-refractivity contribution in [2.45, 2.75) is 13.5 Å². The van der Waals surface area contributed by atoms with Gasteiger partial charge in [-0.1, -0.05) is 13.0 Å². The van der Waals surface area contributed by atoms with Crippen LogP contribution < -0.4 is 5.73 Å². The van der Waals surface area contributed by atoms with E-state index in [1.54, 1.807) is 12.1 Å². The maximum absolute atomic E-state index is 9.88. The minimum atomic E-state index is 0.265. The van der Waals surface area contributed by atoms with E-state index in [4.69, 9.17) is 10.5 Å². The number of hydrogen-bond donors (Lipinski definition) is 2. The van der Waals surface area contributed by atoms with Crippen LogP contribution in [0.25, 0.3) is 0 Å². The number of morpholine rings is 1. The van der Waals surface area contributed by atoms with Gasteiger partial charge in [-0.3, -0.25) is 0 Å². The molecular formula is C13H21N3O2. The molecule has 3 N–H and O–H groups in total. The first-order chi connectivity index (χ1) is 8.72. The van der Waals surface area contributed by atoms with Crippen molar-refractivity contribution >= 4 is 5.69 Å². The second-order valence-corrected chi connectivity index (χ2v) is 4.39. The molecule has 1 heterocycles.